The molecule has 0 saturated carbocycles. The third kappa shape index (κ3) is 4.70. The first kappa shape index (κ1) is 16.2. The standard InChI is InChI=1S/C17H17BrN2O2/c1-12(14-4-3-5-15(18)11-14)19-20-17(21)10-13-6-8-16(22-2)9-7-13/h3-9,11H,10H2,1-2H3,(H,20,21). The van der Waals surface area contributed by atoms with Crippen molar-refractivity contribution in [2.24, 2.45) is 5.10 Å². The van der Waals surface area contributed by atoms with Gasteiger partial charge in [0.25, 0.3) is 0 Å². The Morgan fingerprint density at radius 1 is 1.23 bits per heavy atom. The third-order valence-corrected chi connectivity index (χ3v) is 3.61. The number of ether oxygens (including phenoxy) is 1. The molecule has 0 bridgehead atoms. The minimum Gasteiger partial charge on any atom is -0.497 e. The molecule has 114 valence electrons. The van der Waals surface area contributed by atoms with Crippen molar-refractivity contribution in [3.63, 3.8) is 0 Å². The van der Waals surface area contributed by atoms with Crippen LogP contribution in [0, 0.1) is 0 Å². The van der Waals surface area contributed by atoms with Crippen molar-refractivity contribution in [3.05, 3.63) is 64.1 Å². The molecule has 4 nitrogen and oxygen atoms in total. The number of hydrogen-bond donors (Lipinski definition) is 1. The number of rotatable bonds is 5. The van der Waals surface area contributed by atoms with Gasteiger partial charge in [-0.3, -0.25) is 4.79 Å². The highest BCUT2D eigenvalue weighted by atomic mass is 79.9. The predicted molar refractivity (Wildman–Crippen MR) is 91.2 cm³/mol. The first-order valence-electron chi connectivity index (χ1n) is 6.80. The lowest BCUT2D eigenvalue weighted by atomic mass is 10.1. The first-order chi connectivity index (χ1) is 10.6. The van der Waals surface area contributed by atoms with Gasteiger partial charge >= 0.3 is 0 Å². The summed E-state index contributed by atoms with van der Waals surface area (Å²) in [7, 11) is 1.61. The number of hydrogen-bond acceptors (Lipinski definition) is 3. The topological polar surface area (TPSA) is 50.7 Å². The number of carbonyl (C=O) groups is 1. The molecule has 5 heteroatoms. The van der Waals surface area contributed by atoms with Gasteiger partial charge in [-0.25, -0.2) is 5.43 Å². The lowest BCUT2D eigenvalue weighted by Gasteiger charge is -2.05. The van der Waals surface area contributed by atoms with Gasteiger partial charge in [0.05, 0.1) is 19.2 Å². The minimum atomic E-state index is -0.153. The van der Waals surface area contributed by atoms with E-state index in [4.69, 9.17) is 4.74 Å². The van der Waals surface area contributed by atoms with Crippen LogP contribution in [-0.4, -0.2) is 18.7 Å². The highest BCUT2D eigenvalue weighted by Gasteiger charge is 2.04. The summed E-state index contributed by atoms with van der Waals surface area (Å²) in [6.45, 7) is 1.86. The van der Waals surface area contributed by atoms with Crippen LogP contribution in [0.1, 0.15) is 18.1 Å². The quantitative estimate of drug-likeness (QED) is 0.654. The van der Waals surface area contributed by atoms with Gasteiger partial charge in [-0.15, -0.1) is 0 Å². The number of nitrogens with zero attached hydrogens (tertiary/aromatic N) is 1. The molecule has 0 radical (unpaired) electrons. The van der Waals surface area contributed by atoms with Crippen LogP contribution in [0.4, 0.5) is 0 Å². The number of methoxy groups -OCH3 is 1. The van der Waals surface area contributed by atoms with Gasteiger partial charge in [0.15, 0.2) is 0 Å². The molecule has 2 rings (SSSR count). The van der Waals surface area contributed by atoms with E-state index < -0.39 is 0 Å². The van der Waals surface area contributed by atoms with Gasteiger partial charge in [-0.2, -0.15) is 5.10 Å². The molecule has 1 amide bonds. The first-order valence-corrected chi connectivity index (χ1v) is 7.60. The van der Waals surface area contributed by atoms with Gasteiger partial charge in [0.2, 0.25) is 5.91 Å². The van der Waals surface area contributed by atoms with Crippen molar-refractivity contribution in [2.75, 3.05) is 7.11 Å². The Bertz CT molecular complexity index is 681. The van der Waals surface area contributed by atoms with E-state index in [1.165, 1.54) is 0 Å². The number of benzene rings is 2. The number of carbonyl (C=O) groups excluding carboxylic acids is 1. The van der Waals surface area contributed by atoms with E-state index in [9.17, 15) is 4.79 Å². The molecular formula is C17H17BrN2O2. The van der Waals surface area contributed by atoms with Gasteiger partial charge in [-0.1, -0.05) is 40.2 Å². The van der Waals surface area contributed by atoms with E-state index in [2.05, 4.69) is 26.5 Å². The van der Waals surface area contributed by atoms with Crippen molar-refractivity contribution in [1.82, 2.24) is 5.43 Å². The normalized spacial score (nSPS) is 11.1. The van der Waals surface area contributed by atoms with Crippen LogP contribution in [0.25, 0.3) is 0 Å². The van der Waals surface area contributed by atoms with Crippen molar-refractivity contribution in [2.45, 2.75) is 13.3 Å². The lowest BCUT2D eigenvalue weighted by molar-refractivity contribution is -0.120. The molecule has 0 heterocycles. The maximum atomic E-state index is 11.9. The lowest BCUT2D eigenvalue weighted by Crippen LogP contribution is -2.21. The molecule has 0 atom stereocenters. The number of hydrazone groups is 1. The van der Waals surface area contributed by atoms with Gasteiger partial charge < -0.3 is 4.74 Å². The SMILES string of the molecule is COc1ccc(CC(=O)NN=C(C)c2cccc(Br)c2)cc1. The Morgan fingerprint density at radius 3 is 2.59 bits per heavy atom. The summed E-state index contributed by atoms with van der Waals surface area (Å²) >= 11 is 3.41. The molecule has 1 N–H and O–H groups in total. The van der Waals surface area contributed by atoms with E-state index in [0.29, 0.717) is 0 Å². The zero-order chi connectivity index (χ0) is 15.9. The number of halogens is 1. The average molecular weight is 361 g/mol. The van der Waals surface area contributed by atoms with Crippen LogP contribution in [-0.2, 0) is 11.2 Å². The van der Waals surface area contributed by atoms with Crippen LogP contribution in [0.5, 0.6) is 5.75 Å². The average Bonchev–Trinajstić information content (AvgIpc) is 2.53. The van der Waals surface area contributed by atoms with E-state index in [1.54, 1.807) is 7.11 Å². The second kappa shape index (κ2) is 7.75. The second-order valence-corrected chi connectivity index (χ2v) is 5.68. The van der Waals surface area contributed by atoms with E-state index in [-0.39, 0.29) is 12.3 Å². The monoisotopic (exact) mass is 360 g/mol. The fourth-order valence-corrected chi connectivity index (χ4v) is 2.29. The Balaban J connectivity index is 1.95. The summed E-state index contributed by atoms with van der Waals surface area (Å²) < 4.78 is 6.06. The second-order valence-electron chi connectivity index (χ2n) is 4.77. The minimum absolute atomic E-state index is 0.153. The highest BCUT2D eigenvalue weighted by Crippen LogP contribution is 2.13. The Kier molecular flexibility index (Phi) is 5.72. The van der Waals surface area contributed by atoms with E-state index in [0.717, 1.165) is 27.1 Å². The number of amides is 1. The molecule has 0 aliphatic heterocycles. The maximum absolute atomic E-state index is 11.9. The van der Waals surface area contributed by atoms with Crippen LogP contribution in [0.2, 0.25) is 0 Å². The fourth-order valence-electron chi connectivity index (χ4n) is 1.89. The molecule has 2 aromatic rings. The number of nitrogens with one attached hydrogen (secondary N) is 1. The summed E-state index contributed by atoms with van der Waals surface area (Å²) in [5, 5.41) is 4.14. The molecule has 0 unspecified atom stereocenters. The molecule has 22 heavy (non-hydrogen) atoms. The molecule has 0 aromatic heterocycles. The van der Waals surface area contributed by atoms with Crippen LogP contribution < -0.4 is 10.2 Å². The van der Waals surface area contributed by atoms with Crippen molar-refractivity contribution in [3.8, 4) is 5.75 Å². The molecule has 0 spiro atoms. The Hall–Kier alpha value is -2.14. The molecule has 2 aromatic carbocycles. The van der Waals surface area contributed by atoms with Crippen molar-refractivity contribution in [1.29, 1.82) is 0 Å². The molecule has 0 fully saturated rings. The van der Waals surface area contributed by atoms with Crippen LogP contribution >= 0.6 is 15.9 Å². The molecule has 0 saturated heterocycles. The summed E-state index contributed by atoms with van der Waals surface area (Å²) in [6.07, 6.45) is 0.277. The van der Waals surface area contributed by atoms with Gasteiger partial charge in [0, 0.05) is 4.47 Å². The summed E-state index contributed by atoms with van der Waals surface area (Å²) in [5.41, 5.74) is 5.20. The summed E-state index contributed by atoms with van der Waals surface area (Å²) in [6, 6.07) is 15.2. The maximum Gasteiger partial charge on any atom is 0.244 e. The van der Waals surface area contributed by atoms with Crippen LogP contribution in [0.15, 0.2) is 58.1 Å². The van der Waals surface area contributed by atoms with Crippen LogP contribution in [0.3, 0.4) is 0 Å². The zero-order valence-corrected chi connectivity index (χ0v) is 14.1. The Morgan fingerprint density at radius 2 is 1.95 bits per heavy atom. The highest BCUT2D eigenvalue weighted by molar-refractivity contribution is 9.10. The van der Waals surface area contributed by atoms with Gasteiger partial charge in [0.1, 0.15) is 5.75 Å². The zero-order valence-electron chi connectivity index (χ0n) is 12.5. The Labute approximate surface area is 138 Å². The summed E-state index contributed by atoms with van der Waals surface area (Å²) in [5.74, 6) is 0.618. The van der Waals surface area contributed by atoms with Crippen molar-refractivity contribution < 1.29 is 9.53 Å². The molecule has 0 aliphatic carbocycles. The van der Waals surface area contributed by atoms with Crippen molar-refractivity contribution >= 4 is 27.5 Å². The third-order valence-electron chi connectivity index (χ3n) is 3.11. The molecular weight excluding hydrogens is 344 g/mol. The van der Waals surface area contributed by atoms with E-state index >= 15 is 0 Å². The smallest absolute Gasteiger partial charge is 0.244 e. The van der Waals surface area contributed by atoms with Gasteiger partial charge in [-0.05, 0) is 42.3 Å². The largest absolute Gasteiger partial charge is 0.497 e. The predicted octanol–water partition coefficient (Wildman–Crippen LogP) is 3.54. The van der Waals surface area contributed by atoms with E-state index in [1.807, 2.05) is 55.5 Å². The molecule has 0 aliphatic rings. The summed E-state index contributed by atoms with van der Waals surface area (Å²) in [4.78, 5) is 11.9. The fraction of sp³-hybridized carbons (Fsp3) is 0.176.